The van der Waals surface area contributed by atoms with Gasteiger partial charge < -0.3 is 10.6 Å². The summed E-state index contributed by atoms with van der Waals surface area (Å²) in [4.78, 5) is 14.0. The second kappa shape index (κ2) is 6.01. The second-order valence-corrected chi connectivity index (χ2v) is 6.02. The Labute approximate surface area is 121 Å². The van der Waals surface area contributed by atoms with E-state index >= 15 is 0 Å². The van der Waals surface area contributed by atoms with Crippen LogP contribution in [0.5, 0.6) is 0 Å². The average Bonchev–Trinajstić information content (AvgIpc) is 2.41. The summed E-state index contributed by atoms with van der Waals surface area (Å²) in [5.74, 6) is -0.744. The van der Waals surface area contributed by atoms with Crippen LogP contribution < -0.4 is 5.73 Å². The molecule has 0 saturated heterocycles. The van der Waals surface area contributed by atoms with Crippen molar-refractivity contribution in [2.75, 3.05) is 7.05 Å². The number of rotatable bonds is 2. The SMILES string of the molecule is CN(C(=O)c1cc(Br)ccc1F)C1CCC(N)CC1. The maximum Gasteiger partial charge on any atom is 0.256 e. The van der Waals surface area contributed by atoms with Crippen molar-refractivity contribution in [1.82, 2.24) is 4.90 Å². The molecule has 0 spiro atoms. The Morgan fingerprint density at radius 3 is 2.63 bits per heavy atom. The van der Waals surface area contributed by atoms with Gasteiger partial charge in [-0.05, 0) is 43.9 Å². The smallest absolute Gasteiger partial charge is 0.256 e. The van der Waals surface area contributed by atoms with Crippen molar-refractivity contribution in [2.45, 2.75) is 37.8 Å². The van der Waals surface area contributed by atoms with Gasteiger partial charge in [0.05, 0.1) is 5.56 Å². The molecule has 1 aliphatic rings. The van der Waals surface area contributed by atoms with Gasteiger partial charge in [0.15, 0.2) is 0 Å². The first-order valence-electron chi connectivity index (χ1n) is 6.47. The van der Waals surface area contributed by atoms with Crippen molar-refractivity contribution in [1.29, 1.82) is 0 Å². The molecule has 1 aromatic carbocycles. The highest BCUT2D eigenvalue weighted by Gasteiger charge is 2.26. The average molecular weight is 329 g/mol. The van der Waals surface area contributed by atoms with E-state index in [4.69, 9.17) is 5.73 Å². The minimum absolute atomic E-state index is 0.117. The van der Waals surface area contributed by atoms with E-state index in [1.807, 2.05) is 0 Å². The molecule has 19 heavy (non-hydrogen) atoms. The molecule has 0 heterocycles. The summed E-state index contributed by atoms with van der Waals surface area (Å²) in [5.41, 5.74) is 5.98. The number of hydrogen-bond acceptors (Lipinski definition) is 2. The molecule has 2 N–H and O–H groups in total. The van der Waals surface area contributed by atoms with Crippen LogP contribution in [-0.4, -0.2) is 29.9 Å². The number of benzene rings is 1. The second-order valence-electron chi connectivity index (χ2n) is 5.11. The number of halogens is 2. The van der Waals surface area contributed by atoms with Crippen LogP contribution in [0.15, 0.2) is 22.7 Å². The topological polar surface area (TPSA) is 46.3 Å². The van der Waals surface area contributed by atoms with Gasteiger partial charge in [0, 0.05) is 23.6 Å². The zero-order valence-electron chi connectivity index (χ0n) is 10.9. The summed E-state index contributed by atoms with van der Waals surface area (Å²) in [6, 6.07) is 4.82. The molecule has 0 radical (unpaired) electrons. The molecule has 0 bridgehead atoms. The van der Waals surface area contributed by atoms with E-state index in [0.29, 0.717) is 4.47 Å². The minimum atomic E-state index is -0.479. The van der Waals surface area contributed by atoms with Crippen molar-refractivity contribution in [2.24, 2.45) is 5.73 Å². The molecule has 0 atom stereocenters. The third-order valence-corrected chi connectivity index (χ3v) is 4.26. The van der Waals surface area contributed by atoms with Crippen LogP contribution in [0.2, 0.25) is 0 Å². The van der Waals surface area contributed by atoms with Gasteiger partial charge in [0.2, 0.25) is 0 Å². The normalized spacial score (nSPS) is 23.2. The Bertz CT molecular complexity index is 473. The van der Waals surface area contributed by atoms with Crippen LogP contribution in [0.3, 0.4) is 0 Å². The number of amides is 1. The van der Waals surface area contributed by atoms with E-state index in [1.54, 1.807) is 18.0 Å². The number of carbonyl (C=O) groups is 1. The summed E-state index contributed by atoms with van der Waals surface area (Å²) in [6.45, 7) is 0. The van der Waals surface area contributed by atoms with Gasteiger partial charge in [-0.25, -0.2) is 4.39 Å². The van der Waals surface area contributed by atoms with Crippen molar-refractivity contribution < 1.29 is 9.18 Å². The number of hydrogen-bond donors (Lipinski definition) is 1. The van der Waals surface area contributed by atoms with E-state index in [0.717, 1.165) is 25.7 Å². The molecule has 1 aliphatic carbocycles. The Kier molecular flexibility index (Phi) is 4.58. The molecule has 5 heteroatoms. The molecule has 1 amide bonds. The Morgan fingerprint density at radius 1 is 1.37 bits per heavy atom. The fourth-order valence-electron chi connectivity index (χ4n) is 2.51. The lowest BCUT2D eigenvalue weighted by molar-refractivity contribution is 0.0685. The molecule has 1 fully saturated rings. The zero-order chi connectivity index (χ0) is 14.0. The van der Waals surface area contributed by atoms with Crippen LogP contribution in [0.1, 0.15) is 36.0 Å². The molecule has 0 aromatic heterocycles. The van der Waals surface area contributed by atoms with Gasteiger partial charge in [-0.2, -0.15) is 0 Å². The first kappa shape index (κ1) is 14.5. The molecule has 1 saturated carbocycles. The first-order chi connectivity index (χ1) is 8.99. The van der Waals surface area contributed by atoms with Gasteiger partial charge in [0.25, 0.3) is 5.91 Å². The third-order valence-electron chi connectivity index (χ3n) is 3.77. The van der Waals surface area contributed by atoms with Crippen LogP contribution in [-0.2, 0) is 0 Å². The number of nitrogens with two attached hydrogens (primary N) is 1. The Hall–Kier alpha value is -0.940. The van der Waals surface area contributed by atoms with Gasteiger partial charge in [-0.3, -0.25) is 4.79 Å². The third kappa shape index (κ3) is 3.34. The monoisotopic (exact) mass is 328 g/mol. The lowest BCUT2D eigenvalue weighted by Gasteiger charge is -2.33. The predicted octanol–water partition coefficient (Wildman–Crippen LogP) is 2.93. The van der Waals surface area contributed by atoms with Crippen LogP contribution in [0.25, 0.3) is 0 Å². The van der Waals surface area contributed by atoms with Gasteiger partial charge in [-0.15, -0.1) is 0 Å². The van der Waals surface area contributed by atoms with Crippen molar-refractivity contribution in [3.8, 4) is 0 Å². The zero-order valence-corrected chi connectivity index (χ0v) is 12.5. The molecule has 104 valence electrons. The maximum absolute atomic E-state index is 13.7. The number of carbonyl (C=O) groups excluding carboxylic acids is 1. The highest BCUT2D eigenvalue weighted by Crippen LogP contribution is 2.24. The van der Waals surface area contributed by atoms with Crippen LogP contribution in [0.4, 0.5) is 4.39 Å². The van der Waals surface area contributed by atoms with E-state index in [1.165, 1.54) is 12.1 Å². The van der Waals surface area contributed by atoms with E-state index in [2.05, 4.69) is 15.9 Å². The van der Waals surface area contributed by atoms with Crippen molar-refractivity contribution >= 4 is 21.8 Å². The summed E-state index contributed by atoms with van der Waals surface area (Å²) in [5, 5.41) is 0. The van der Waals surface area contributed by atoms with Crippen molar-refractivity contribution in [3.63, 3.8) is 0 Å². The van der Waals surface area contributed by atoms with Crippen molar-refractivity contribution in [3.05, 3.63) is 34.1 Å². The first-order valence-corrected chi connectivity index (χ1v) is 7.26. The molecule has 0 aliphatic heterocycles. The molecule has 3 nitrogen and oxygen atoms in total. The highest BCUT2D eigenvalue weighted by atomic mass is 79.9. The van der Waals surface area contributed by atoms with E-state index < -0.39 is 5.82 Å². The van der Waals surface area contributed by atoms with Gasteiger partial charge in [0.1, 0.15) is 5.82 Å². The molecular formula is C14H18BrFN2O. The maximum atomic E-state index is 13.7. The summed E-state index contributed by atoms with van der Waals surface area (Å²) < 4.78 is 14.4. The van der Waals surface area contributed by atoms with Crippen LogP contribution >= 0.6 is 15.9 Å². The Balaban J connectivity index is 2.12. The summed E-state index contributed by atoms with van der Waals surface area (Å²) >= 11 is 3.26. The van der Waals surface area contributed by atoms with E-state index in [-0.39, 0.29) is 23.6 Å². The fraction of sp³-hybridized carbons (Fsp3) is 0.500. The highest BCUT2D eigenvalue weighted by molar-refractivity contribution is 9.10. The van der Waals surface area contributed by atoms with E-state index in [9.17, 15) is 9.18 Å². The Morgan fingerprint density at radius 2 is 2.00 bits per heavy atom. The molecular weight excluding hydrogens is 311 g/mol. The largest absolute Gasteiger partial charge is 0.339 e. The fourth-order valence-corrected chi connectivity index (χ4v) is 2.87. The summed E-state index contributed by atoms with van der Waals surface area (Å²) in [7, 11) is 1.74. The predicted molar refractivity (Wildman–Crippen MR) is 76.4 cm³/mol. The van der Waals surface area contributed by atoms with Gasteiger partial charge >= 0.3 is 0 Å². The lowest BCUT2D eigenvalue weighted by atomic mass is 9.90. The quantitative estimate of drug-likeness (QED) is 0.907. The van der Waals surface area contributed by atoms with Gasteiger partial charge in [-0.1, -0.05) is 15.9 Å². The molecule has 2 rings (SSSR count). The number of nitrogens with zero attached hydrogens (tertiary/aromatic N) is 1. The molecule has 1 aromatic rings. The van der Waals surface area contributed by atoms with Crippen LogP contribution in [0, 0.1) is 5.82 Å². The summed E-state index contributed by atoms with van der Waals surface area (Å²) in [6.07, 6.45) is 3.62. The standard InChI is InChI=1S/C14H18BrFN2O/c1-18(11-5-3-10(17)4-6-11)14(19)12-8-9(15)2-7-13(12)16/h2,7-8,10-11H,3-6,17H2,1H3. The molecule has 0 unspecified atom stereocenters. The minimum Gasteiger partial charge on any atom is -0.339 e. The lowest BCUT2D eigenvalue weighted by Crippen LogP contribution is -2.42.